The van der Waals surface area contributed by atoms with E-state index in [1.54, 1.807) is 0 Å². The predicted molar refractivity (Wildman–Crippen MR) is 117 cm³/mol. The summed E-state index contributed by atoms with van der Waals surface area (Å²) >= 11 is 0. The third-order valence-corrected chi connectivity index (χ3v) is 8.42. The highest BCUT2D eigenvalue weighted by molar-refractivity contribution is 5.88. The van der Waals surface area contributed by atoms with E-state index in [0.717, 1.165) is 69.7 Å². The molecule has 0 N–H and O–H groups in total. The summed E-state index contributed by atoms with van der Waals surface area (Å²) in [5.41, 5.74) is 1.06. The summed E-state index contributed by atoms with van der Waals surface area (Å²) in [5.74, 6) is 3.01. The van der Waals surface area contributed by atoms with Gasteiger partial charge in [0.2, 0.25) is 5.91 Å². The predicted octanol–water partition coefficient (Wildman–Crippen LogP) is 5.12. The van der Waals surface area contributed by atoms with E-state index in [1.807, 2.05) is 0 Å². The maximum absolute atomic E-state index is 14.1. The van der Waals surface area contributed by atoms with Gasteiger partial charge in [0.25, 0.3) is 0 Å². The minimum Gasteiger partial charge on any atom is -0.464 e. The molecule has 1 aromatic heterocycles. The molecule has 0 radical (unpaired) electrons. The molecular formula is C26H34N2O2. The molecule has 160 valence electrons. The monoisotopic (exact) mass is 406 g/mol. The summed E-state index contributed by atoms with van der Waals surface area (Å²) in [6.45, 7) is 2.91. The zero-order valence-corrected chi connectivity index (χ0v) is 18.0. The Labute approximate surface area is 180 Å². The fourth-order valence-corrected chi connectivity index (χ4v) is 7.11. The Morgan fingerprint density at radius 1 is 0.967 bits per heavy atom. The van der Waals surface area contributed by atoms with E-state index in [1.165, 1.54) is 31.2 Å². The van der Waals surface area contributed by atoms with Crippen molar-refractivity contribution in [3.8, 4) is 0 Å². The first kappa shape index (κ1) is 18.9. The molecule has 1 aromatic rings. The Kier molecular flexibility index (Phi) is 4.67. The summed E-state index contributed by atoms with van der Waals surface area (Å²) in [6.07, 6.45) is 20.5. The number of hydrogen-bond acceptors (Lipinski definition) is 3. The molecule has 7 heterocycles. The van der Waals surface area contributed by atoms with E-state index in [0.29, 0.717) is 17.9 Å². The summed E-state index contributed by atoms with van der Waals surface area (Å²) in [6, 6.07) is 2.84. The Balaban J connectivity index is 1.47. The minimum absolute atomic E-state index is 0.134. The second-order valence-electron chi connectivity index (χ2n) is 10.0. The minimum atomic E-state index is -0.303. The lowest BCUT2D eigenvalue weighted by atomic mass is 9.67. The molecule has 1 amide bonds. The van der Waals surface area contributed by atoms with Gasteiger partial charge in [-0.25, -0.2) is 0 Å². The van der Waals surface area contributed by atoms with Crippen LogP contribution in [0.15, 0.2) is 34.8 Å². The van der Waals surface area contributed by atoms with E-state index >= 15 is 0 Å². The number of furan rings is 1. The van der Waals surface area contributed by atoms with Crippen molar-refractivity contribution in [3.63, 3.8) is 0 Å². The summed E-state index contributed by atoms with van der Waals surface area (Å²) in [4.78, 5) is 19.0. The molecule has 6 aliphatic heterocycles. The first-order valence-electron chi connectivity index (χ1n) is 12.3. The third kappa shape index (κ3) is 2.72. The molecule has 1 aliphatic carbocycles. The smallest absolute Gasteiger partial charge is 0.231 e. The molecule has 2 fully saturated rings. The molecule has 0 saturated carbocycles. The van der Waals surface area contributed by atoms with Crippen molar-refractivity contribution in [2.45, 2.75) is 82.2 Å². The van der Waals surface area contributed by atoms with Gasteiger partial charge in [-0.15, -0.1) is 0 Å². The van der Waals surface area contributed by atoms with E-state index in [2.05, 4.69) is 40.2 Å². The van der Waals surface area contributed by atoms with Crippen LogP contribution in [0.2, 0.25) is 0 Å². The number of rotatable bonds is 0. The average Bonchev–Trinajstić information content (AvgIpc) is 3.32. The fourth-order valence-electron chi connectivity index (χ4n) is 7.11. The van der Waals surface area contributed by atoms with Crippen LogP contribution in [0.1, 0.15) is 86.8 Å². The van der Waals surface area contributed by atoms with Crippen LogP contribution >= 0.6 is 0 Å². The van der Waals surface area contributed by atoms with Crippen LogP contribution in [0, 0.1) is 5.41 Å². The van der Waals surface area contributed by atoms with E-state index in [-0.39, 0.29) is 11.5 Å². The van der Waals surface area contributed by atoms with Gasteiger partial charge in [-0.05, 0) is 76.0 Å². The molecule has 0 unspecified atom stereocenters. The molecule has 6 bridgehead atoms. The summed E-state index contributed by atoms with van der Waals surface area (Å²) in [5, 5.41) is 0. The number of amides is 1. The number of carbonyl (C=O) groups is 1. The van der Waals surface area contributed by atoms with Crippen LogP contribution in [0.5, 0.6) is 0 Å². The van der Waals surface area contributed by atoms with Crippen molar-refractivity contribution >= 4 is 5.91 Å². The van der Waals surface area contributed by atoms with Gasteiger partial charge >= 0.3 is 0 Å². The topological polar surface area (TPSA) is 36.7 Å². The Morgan fingerprint density at radius 3 is 2.73 bits per heavy atom. The van der Waals surface area contributed by atoms with Crippen molar-refractivity contribution in [1.29, 1.82) is 0 Å². The zero-order valence-electron chi connectivity index (χ0n) is 18.0. The third-order valence-electron chi connectivity index (χ3n) is 8.42. The van der Waals surface area contributed by atoms with E-state index < -0.39 is 0 Å². The number of piperidine rings is 1. The van der Waals surface area contributed by atoms with Gasteiger partial charge in [0.05, 0.1) is 11.5 Å². The quantitative estimate of drug-likeness (QED) is 0.561. The SMILES string of the molecule is O=C1N2CCCC/C=C\CCc3cc4c(o3)[C@@H]3N5CCCC/C=C\[C@H]5C[C@@]13[C@H]4CC2. The highest BCUT2D eigenvalue weighted by Gasteiger charge is 2.68. The van der Waals surface area contributed by atoms with Crippen LogP contribution in [-0.2, 0) is 11.2 Å². The van der Waals surface area contributed by atoms with E-state index in [9.17, 15) is 4.79 Å². The molecule has 7 aliphatic rings. The Bertz CT molecular complexity index is 884. The standard InChI is InChI=1S/C26H34N2O2/c29-25-26-18-19-11-7-4-6-10-15-28(19)24(26)23-21-17-20(30-23)12-8-3-1-2-5-9-14-27(25)16-13-22(21)26/h1,3,7,11,17,19,22,24H,2,4-6,8-10,12-16,18H2/b3-1-,11-7-/t19-,22-,24-,26-/m0/s1. The van der Waals surface area contributed by atoms with Crippen LogP contribution in [0.25, 0.3) is 0 Å². The first-order valence-corrected chi connectivity index (χ1v) is 12.3. The largest absolute Gasteiger partial charge is 0.464 e. The van der Waals surface area contributed by atoms with Gasteiger partial charge in [-0.1, -0.05) is 24.3 Å². The molecular weight excluding hydrogens is 372 g/mol. The summed E-state index contributed by atoms with van der Waals surface area (Å²) < 4.78 is 6.59. The summed E-state index contributed by atoms with van der Waals surface area (Å²) in [7, 11) is 0. The van der Waals surface area contributed by atoms with Gasteiger partial charge in [0, 0.05) is 31.5 Å². The molecule has 4 atom stereocenters. The van der Waals surface area contributed by atoms with Crippen molar-refractivity contribution in [1.82, 2.24) is 9.80 Å². The van der Waals surface area contributed by atoms with Crippen molar-refractivity contribution in [2.24, 2.45) is 5.41 Å². The number of aryl methyl sites for hydroxylation is 1. The van der Waals surface area contributed by atoms with Gasteiger partial charge in [0.15, 0.2) is 0 Å². The van der Waals surface area contributed by atoms with Crippen LogP contribution in [0.3, 0.4) is 0 Å². The Morgan fingerprint density at radius 2 is 1.80 bits per heavy atom. The maximum atomic E-state index is 14.1. The van der Waals surface area contributed by atoms with Gasteiger partial charge in [-0.2, -0.15) is 0 Å². The first-order chi connectivity index (χ1) is 14.8. The van der Waals surface area contributed by atoms with Crippen molar-refractivity contribution in [3.05, 3.63) is 47.5 Å². The lowest BCUT2D eigenvalue weighted by Crippen LogP contribution is -2.52. The molecule has 1 spiro atoms. The maximum Gasteiger partial charge on any atom is 0.231 e. The van der Waals surface area contributed by atoms with E-state index in [4.69, 9.17) is 4.42 Å². The number of fused-ring (bicyclic) bond motifs is 2. The van der Waals surface area contributed by atoms with Gasteiger partial charge in [-0.3, -0.25) is 9.69 Å². The molecule has 8 rings (SSSR count). The number of allylic oxidation sites excluding steroid dienone is 3. The van der Waals surface area contributed by atoms with Crippen LogP contribution in [-0.4, -0.2) is 41.4 Å². The fraction of sp³-hybridized carbons (Fsp3) is 0.654. The molecule has 2 saturated heterocycles. The van der Waals surface area contributed by atoms with Crippen LogP contribution in [0.4, 0.5) is 0 Å². The number of carbonyl (C=O) groups excluding carboxylic acids is 1. The highest BCUT2D eigenvalue weighted by atomic mass is 16.3. The molecule has 30 heavy (non-hydrogen) atoms. The van der Waals surface area contributed by atoms with Crippen molar-refractivity contribution in [2.75, 3.05) is 19.6 Å². The molecule has 4 nitrogen and oxygen atoms in total. The second-order valence-corrected chi connectivity index (χ2v) is 10.0. The van der Waals surface area contributed by atoms with Crippen molar-refractivity contribution < 1.29 is 9.21 Å². The van der Waals surface area contributed by atoms with Gasteiger partial charge in [0.1, 0.15) is 11.5 Å². The normalized spacial score (nSPS) is 38.5. The second kappa shape index (κ2) is 7.40. The Hall–Kier alpha value is -1.81. The lowest BCUT2D eigenvalue weighted by Gasteiger charge is -2.44. The number of nitrogens with zero attached hydrogens (tertiary/aromatic N) is 2. The zero-order chi connectivity index (χ0) is 20.1. The molecule has 4 heteroatoms. The lowest BCUT2D eigenvalue weighted by molar-refractivity contribution is -0.149. The van der Waals surface area contributed by atoms with Gasteiger partial charge < -0.3 is 9.32 Å². The van der Waals surface area contributed by atoms with Crippen LogP contribution < -0.4 is 0 Å². The number of hydrogen-bond donors (Lipinski definition) is 0. The average molecular weight is 407 g/mol. The highest BCUT2D eigenvalue weighted by Crippen LogP contribution is 2.67. The molecule has 0 aromatic carbocycles.